The molecule has 0 amide bonds. The molecule has 3 nitrogen and oxygen atoms in total. The topological polar surface area (TPSA) is 46.2 Å². The highest BCUT2D eigenvalue weighted by molar-refractivity contribution is 7.89. The Hall–Kier alpha value is -0.870. The summed E-state index contributed by atoms with van der Waals surface area (Å²) in [5.74, 6) is 0.462. The number of benzene rings is 1. The second-order valence-corrected chi connectivity index (χ2v) is 6.52. The number of rotatable bonds is 6. The zero-order valence-corrected chi connectivity index (χ0v) is 12.4. The SMILES string of the molecule is CC[C@H](C)NS(=O)(=O)c1ccc([C@@H](C)CC)cc1. The predicted octanol–water partition coefficient (Wildman–Crippen LogP) is 3.28. The van der Waals surface area contributed by atoms with E-state index in [2.05, 4.69) is 18.6 Å². The van der Waals surface area contributed by atoms with Crippen molar-refractivity contribution < 1.29 is 8.42 Å². The minimum absolute atomic E-state index is 0.0377. The van der Waals surface area contributed by atoms with Crippen molar-refractivity contribution in [3.8, 4) is 0 Å². The van der Waals surface area contributed by atoms with Gasteiger partial charge < -0.3 is 0 Å². The maximum Gasteiger partial charge on any atom is 0.240 e. The molecule has 0 aliphatic carbocycles. The standard InChI is InChI=1S/C14H23NO2S/c1-5-11(3)13-7-9-14(10-8-13)18(16,17)15-12(4)6-2/h7-12,15H,5-6H2,1-4H3/t11-,12-/m0/s1. The summed E-state index contributed by atoms with van der Waals surface area (Å²) in [4.78, 5) is 0.342. The number of hydrogen-bond acceptors (Lipinski definition) is 2. The molecule has 0 heterocycles. The zero-order valence-electron chi connectivity index (χ0n) is 11.6. The molecule has 0 saturated heterocycles. The third-order valence-corrected chi connectivity index (χ3v) is 4.95. The summed E-state index contributed by atoms with van der Waals surface area (Å²) in [6.45, 7) is 8.09. The van der Waals surface area contributed by atoms with Crippen LogP contribution in [0.1, 0.15) is 52.0 Å². The third-order valence-electron chi connectivity index (χ3n) is 3.34. The van der Waals surface area contributed by atoms with Crippen LogP contribution in [0.2, 0.25) is 0 Å². The monoisotopic (exact) mass is 269 g/mol. The molecule has 0 saturated carbocycles. The van der Waals surface area contributed by atoms with E-state index in [4.69, 9.17) is 0 Å². The Morgan fingerprint density at radius 2 is 1.61 bits per heavy atom. The van der Waals surface area contributed by atoms with Gasteiger partial charge in [-0.1, -0.05) is 32.9 Å². The minimum Gasteiger partial charge on any atom is -0.208 e. The fourth-order valence-corrected chi connectivity index (χ4v) is 2.95. The largest absolute Gasteiger partial charge is 0.240 e. The van der Waals surface area contributed by atoms with Crippen molar-refractivity contribution in [2.75, 3.05) is 0 Å². The van der Waals surface area contributed by atoms with Crippen LogP contribution in [0, 0.1) is 0 Å². The lowest BCUT2D eigenvalue weighted by atomic mass is 9.99. The van der Waals surface area contributed by atoms with Crippen molar-refractivity contribution >= 4 is 10.0 Å². The highest BCUT2D eigenvalue weighted by Gasteiger charge is 2.16. The van der Waals surface area contributed by atoms with Crippen molar-refractivity contribution in [1.82, 2.24) is 4.72 Å². The third kappa shape index (κ3) is 3.82. The average Bonchev–Trinajstić information content (AvgIpc) is 2.37. The van der Waals surface area contributed by atoms with Crippen LogP contribution >= 0.6 is 0 Å². The van der Waals surface area contributed by atoms with Crippen molar-refractivity contribution in [3.63, 3.8) is 0 Å². The molecular weight excluding hydrogens is 246 g/mol. The van der Waals surface area contributed by atoms with Crippen LogP contribution in [0.3, 0.4) is 0 Å². The van der Waals surface area contributed by atoms with Crippen molar-refractivity contribution in [2.24, 2.45) is 0 Å². The maximum absolute atomic E-state index is 12.0. The van der Waals surface area contributed by atoms with Gasteiger partial charge in [0.25, 0.3) is 0 Å². The van der Waals surface area contributed by atoms with Crippen LogP contribution in [-0.2, 0) is 10.0 Å². The van der Waals surface area contributed by atoms with Crippen molar-refractivity contribution in [3.05, 3.63) is 29.8 Å². The van der Waals surface area contributed by atoms with Gasteiger partial charge in [-0.3, -0.25) is 0 Å². The van der Waals surface area contributed by atoms with E-state index in [1.807, 2.05) is 26.0 Å². The fraction of sp³-hybridized carbons (Fsp3) is 0.571. The highest BCUT2D eigenvalue weighted by Crippen LogP contribution is 2.20. The maximum atomic E-state index is 12.0. The summed E-state index contributed by atoms with van der Waals surface area (Å²) < 4.78 is 26.7. The van der Waals surface area contributed by atoms with Gasteiger partial charge in [0.2, 0.25) is 10.0 Å². The van der Waals surface area contributed by atoms with Crippen LogP contribution in [0.25, 0.3) is 0 Å². The molecule has 18 heavy (non-hydrogen) atoms. The van der Waals surface area contributed by atoms with E-state index in [1.165, 1.54) is 5.56 Å². The van der Waals surface area contributed by atoms with Gasteiger partial charge in [-0.2, -0.15) is 0 Å². The van der Waals surface area contributed by atoms with E-state index in [0.717, 1.165) is 12.8 Å². The van der Waals surface area contributed by atoms with E-state index < -0.39 is 10.0 Å². The van der Waals surface area contributed by atoms with Gasteiger partial charge in [0.05, 0.1) is 4.90 Å². The van der Waals surface area contributed by atoms with E-state index in [1.54, 1.807) is 12.1 Å². The van der Waals surface area contributed by atoms with Gasteiger partial charge in [-0.15, -0.1) is 0 Å². The molecule has 0 unspecified atom stereocenters. The lowest BCUT2D eigenvalue weighted by Gasteiger charge is -2.13. The molecule has 2 atom stereocenters. The Kier molecular flexibility index (Phi) is 5.35. The number of sulfonamides is 1. The van der Waals surface area contributed by atoms with Gasteiger partial charge in [0.15, 0.2) is 0 Å². The highest BCUT2D eigenvalue weighted by atomic mass is 32.2. The average molecular weight is 269 g/mol. The quantitative estimate of drug-likeness (QED) is 0.861. The molecule has 0 spiro atoms. The van der Waals surface area contributed by atoms with Crippen molar-refractivity contribution in [2.45, 2.75) is 57.4 Å². The summed E-state index contributed by atoms with van der Waals surface area (Å²) in [5.41, 5.74) is 1.18. The van der Waals surface area contributed by atoms with E-state index >= 15 is 0 Å². The van der Waals surface area contributed by atoms with Gasteiger partial charge in [0.1, 0.15) is 0 Å². The summed E-state index contributed by atoms with van der Waals surface area (Å²) in [5, 5.41) is 0. The molecule has 1 rings (SSSR count). The van der Waals surface area contributed by atoms with Crippen molar-refractivity contribution in [1.29, 1.82) is 0 Å². The molecule has 0 bridgehead atoms. The molecule has 0 aromatic heterocycles. The fourth-order valence-electron chi connectivity index (χ4n) is 1.63. The van der Waals surface area contributed by atoms with Crippen LogP contribution < -0.4 is 4.72 Å². The second kappa shape index (κ2) is 6.34. The minimum atomic E-state index is -3.37. The predicted molar refractivity (Wildman–Crippen MR) is 75.2 cm³/mol. The van der Waals surface area contributed by atoms with Crippen LogP contribution in [0.4, 0.5) is 0 Å². The van der Waals surface area contributed by atoms with Gasteiger partial charge in [-0.25, -0.2) is 13.1 Å². The Balaban J connectivity index is 2.91. The molecule has 1 aromatic carbocycles. The first-order valence-corrected chi connectivity index (χ1v) is 8.01. The molecule has 0 aliphatic heterocycles. The molecule has 0 aliphatic rings. The Labute approximate surface area is 111 Å². The van der Waals surface area contributed by atoms with E-state index in [0.29, 0.717) is 10.8 Å². The molecule has 102 valence electrons. The second-order valence-electron chi connectivity index (χ2n) is 4.81. The summed E-state index contributed by atoms with van der Waals surface area (Å²) in [7, 11) is -3.37. The molecule has 0 radical (unpaired) electrons. The molecule has 1 N–H and O–H groups in total. The normalized spacial score (nSPS) is 15.3. The van der Waals surface area contributed by atoms with Crippen LogP contribution in [0.15, 0.2) is 29.2 Å². The van der Waals surface area contributed by atoms with Gasteiger partial charge >= 0.3 is 0 Å². The summed E-state index contributed by atoms with van der Waals surface area (Å²) in [6, 6.07) is 7.14. The molecule has 1 aromatic rings. The smallest absolute Gasteiger partial charge is 0.208 e. The first-order valence-electron chi connectivity index (χ1n) is 6.53. The zero-order chi connectivity index (χ0) is 13.8. The van der Waals surface area contributed by atoms with E-state index in [9.17, 15) is 8.42 Å². The Bertz CT molecular complexity index is 465. The first kappa shape index (κ1) is 15.2. The molecular formula is C14H23NO2S. The van der Waals surface area contributed by atoms with Crippen LogP contribution in [0.5, 0.6) is 0 Å². The van der Waals surface area contributed by atoms with Gasteiger partial charge in [-0.05, 0) is 43.4 Å². The molecule has 0 fully saturated rings. The summed E-state index contributed by atoms with van der Waals surface area (Å²) in [6.07, 6.45) is 1.83. The van der Waals surface area contributed by atoms with Crippen LogP contribution in [-0.4, -0.2) is 14.5 Å². The lowest BCUT2D eigenvalue weighted by molar-refractivity contribution is 0.556. The first-order chi connectivity index (χ1) is 8.40. The Morgan fingerprint density at radius 3 is 2.06 bits per heavy atom. The van der Waals surface area contributed by atoms with E-state index in [-0.39, 0.29) is 6.04 Å². The molecule has 4 heteroatoms. The number of hydrogen-bond donors (Lipinski definition) is 1. The Morgan fingerprint density at radius 1 is 1.06 bits per heavy atom. The summed E-state index contributed by atoms with van der Waals surface area (Å²) >= 11 is 0. The lowest BCUT2D eigenvalue weighted by Crippen LogP contribution is -2.31. The number of nitrogens with one attached hydrogen (secondary N) is 1. The van der Waals surface area contributed by atoms with Gasteiger partial charge in [0, 0.05) is 6.04 Å².